The molecule has 2 aromatic carbocycles. The Morgan fingerprint density at radius 1 is 1.20 bits per heavy atom. The van der Waals surface area contributed by atoms with Crippen LogP contribution in [-0.2, 0) is 24.2 Å². The molecular weight excluding hydrogens is 500 g/mol. The Labute approximate surface area is 238 Å². The SMILES string of the molecule is CCc1ccc2c(c1)[C@@H](NC[C@@H](O)[C@H](Cc1ccccc1)NC(=O)C=Cc1cn(CC(C)C)cn1)CC(C)(C)O2. The van der Waals surface area contributed by atoms with Crippen LogP contribution in [0.1, 0.15) is 69.5 Å². The molecule has 4 rings (SSSR count). The van der Waals surface area contributed by atoms with Crippen LogP contribution < -0.4 is 15.4 Å². The van der Waals surface area contributed by atoms with Gasteiger partial charge in [-0.3, -0.25) is 4.79 Å². The van der Waals surface area contributed by atoms with Crippen LogP contribution in [0.25, 0.3) is 6.08 Å². The zero-order valence-corrected chi connectivity index (χ0v) is 24.4. The predicted octanol–water partition coefficient (Wildman–Crippen LogP) is 5.10. The zero-order chi connectivity index (χ0) is 28.7. The van der Waals surface area contributed by atoms with Crippen LogP contribution in [0.4, 0.5) is 0 Å². The highest BCUT2D eigenvalue weighted by Gasteiger charge is 2.34. The number of carbonyl (C=O) groups is 1. The van der Waals surface area contributed by atoms with Gasteiger partial charge in [0.15, 0.2) is 0 Å². The van der Waals surface area contributed by atoms with Crippen LogP contribution in [0.15, 0.2) is 67.1 Å². The van der Waals surface area contributed by atoms with Crippen molar-refractivity contribution in [1.29, 1.82) is 0 Å². The monoisotopic (exact) mass is 544 g/mol. The highest BCUT2D eigenvalue weighted by molar-refractivity contribution is 5.91. The second-order valence-corrected chi connectivity index (χ2v) is 11.8. The number of carbonyl (C=O) groups excluding carboxylic acids is 1. The largest absolute Gasteiger partial charge is 0.487 e. The topological polar surface area (TPSA) is 88.4 Å². The molecule has 3 aromatic rings. The van der Waals surface area contributed by atoms with E-state index in [1.165, 1.54) is 11.6 Å². The summed E-state index contributed by atoms with van der Waals surface area (Å²) >= 11 is 0. The zero-order valence-electron chi connectivity index (χ0n) is 24.4. The molecule has 40 heavy (non-hydrogen) atoms. The molecule has 0 radical (unpaired) electrons. The predicted molar refractivity (Wildman–Crippen MR) is 160 cm³/mol. The van der Waals surface area contributed by atoms with E-state index >= 15 is 0 Å². The van der Waals surface area contributed by atoms with Gasteiger partial charge in [-0.1, -0.05) is 63.2 Å². The lowest BCUT2D eigenvalue weighted by Gasteiger charge is -2.39. The Balaban J connectivity index is 1.45. The van der Waals surface area contributed by atoms with Crippen LogP contribution in [-0.4, -0.2) is 44.9 Å². The summed E-state index contributed by atoms with van der Waals surface area (Å²) in [5.74, 6) is 1.14. The van der Waals surface area contributed by atoms with Gasteiger partial charge in [-0.05, 0) is 55.9 Å². The first-order valence-electron chi connectivity index (χ1n) is 14.4. The van der Waals surface area contributed by atoms with Gasteiger partial charge >= 0.3 is 0 Å². The quantitative estimate of drug-likeness (QED) is 0.276. The summed E-state index contributed by atoms with van der Waals surface area (Å²) in [6.45, 7) is 11.8. The van der Waals surface area contributed by atoms with Crippen molar-refractivity contribution in [1.82, 2.24) is 20.2 Å². The summed E-state index contributed by atoms with van der Waals surface area (Å²) in [6, 6.07) is 15.9. The molecule has 0 spiro atoms. The molecule has 7 nitrogen and oxygen atoms in total. The number of imidazole rings is 1. The van der Waals surface area contributed by atoms with Gasteiger partial charge in [0.1, 0.15) is 11.4 Å². The fraction of sp³-hybridized carbons (Fsp3) is 0.455. The van der Waals surface area contributed by atoms with Crippen molar-refractivity contribution in [3.8, 4) is 5.75 Å². The molecule has 7 heteroatoms. The minimum absolute atomic E-state index is 0.0359. The average molecular weight is 545 g/mol. The number of aliphatic hydroxyl groups is 1. The number of aryl methyl sites for hydroxylation is 1. The van der Waals surface area contributed by atoms with Gasteiger partial charge in [-0.15, -0.1) is 0 Å². The number of benzene rings is 2. The van der Waals surface area contributed by atoms with Crippen molar-refractivity contribution in [3.63, 3.8) is 0 Å². The third-order valence-corrected chi connectivity index (χ3v) is 7.24. The molecule has 0 saturated carbocycles. The Bertz CT molecular complexity index is 1280. The number of ether oxygens (including phenoxy) is 1. The van der Waals surface area contributed by atoms with E-state index in [-0.39, 0.29) is 17.6 Å². The van der Waals surface area contributed by atoms with Crippen molar-refractivity contribution in [2.45, 2.75) is 84.2 Å². The van der Waals surface area contributed by atoms with Crippen LogP contribution >= 0.6 is 0 Å². The molecule has 1 amide bonds. The first-order chi connectivity index (χ1) is 19.1. The Morgan fingerprint density at radius 3 is 2.70 bits per heavy atom. The first kappa shape index (κ1) is 29.6. The maximum Gasteiger partial charge on any atom is 0.244 e. The Kier molecular flexibility index (Phi) is 9.82. The second-order valence-electron chi connectivity index (χ2n) is 11.8. The molecule has 1 aliphatic heterocycles. The maximum atomic E-state index is 13.0. The van der Waals surface area contributed by atoms with Crippen molar-refractivity contribution in [2.75, 3.05) is 6.54 Å². The molecular formula is C33H44N4O3. The van der Waals surface area contributed by atoms with Crippen LogP contribution in [0.2, 0.25) is 0 Å². The van der Waals surface area contributed by atoms with Gasteiger partial charge in [-0.25, -0.2) is 4.98 Å². The van der Waals surface area contributed by atoms with Crippen molar-refractivity contribution in [3.05, 3.63) is 89.5 Å². The number of nitrogens with one attached hydrogen (secondary N) is 2. The van der Waals surface area contributed by atoms with E-state index in [1.54, 1.807) is 12.4 Å². The molecule has 0 bridgehead atoms. The van der Waals surface area contributed by atoms with E-state index in [9.17, 15) is 9.90 Å². The summed E-state index contributed by atoms with van der Waals surface area (Å²) in [5.41, 5.74) is 3.82. The number of hydrogen-bond donors (Lipinski definition) is 3. The lowest BCUT2D eigenvalue weighted by atomic mass is 9.88. The summed E-state index contributed by atoms with van der Waals surface area (Å²) in [5, 5.41) is 18.0. The van der Waals surface area contributed by atoms with E-state index in [2.05, 4.69) is 68.4 Å². The molecule has 3 N–H and O–H groups in total. The van der Waals surface area contributed by atoms with Gasteiger partial charge < -0.3 is 25.0 Å². The average Bonchev–Trinajstić information content (AvgIpc) is 3.36. The maximum absolute atomic E-state index is 13.0. The molecule has 214 valence electrons. The van der Waals surface area contributed by atoms with E-state index in [0.29, 0.717) is 18.9 Å². The molecule has 2 heterocycles. The number of nitrogens with zero attached hydrogens (tertiary/aromatic N) is 2. The number of rotatable bonds is 12. The number of aliphatic hydroxyl groups excluding tert-OH is 1. The number of fused-ring (bicyclic) bond motifs is 1. The molecule has 0 unspecified atom stereocenters. The highest BCUT2D eigenvalue weighted by atomic mass is 16.5. The van der Waals surface area contributed by atoms with Gasteiger partial charge in [0.25, 0.3) is 0 Å². The van der Waals surface area contributed by atoms with Gasteiger partial charge in [0, 0.05) is 43.4 Å². The molecule has 0 fully saturated rings. The molecule has 0 saturated heterocycles. The Morgan fingerprint density at radius 2 is 1.98 bits per heavy atom. The second kappa shape index (κ2) is 13.3. The molecule has 1 aliphatic rings. The molecule has 1 aromatic heterocycles. The van der Waals surface area contributed by atoms with E-state index in [0.717, 1.165) is 42.0 Å². The summed E-state index contributed by atoms with van der Waals surface area (Å²) in [7, 11) is 0. The Hall–Kier alpha value is -3.42. The van der Waals surface area contributed by atoms with Crippen LogP contribution in [0, 0.1) is 5.92 Å². The van der Waals surface area contributed by atoms with Gasteiger partial charge in [-0.2, -0.15) is 0 Å². The van der Waals surface area contributed by atoms with Crippen molar-refractivity contribution < 1.29 is 14.6 Å². The minimum Gasteiger partial charge on any atom is -0.487 e. The lowest BCUT2D eigenvalue weighted by molar-refractivity contribution is -0.117. The number of amides is 1. The normalized spacial score (nSPS) is 17.8. The molecule has 3 atom stereocenters. The van der Waals surface area contributed by atoms with Crippen LogP contribution in [0.3, 0.4) is 0 Å². The fourth-order valence-electron chi connectivity index (χ4n) is 5.24. The summed E-state index contributed by atoms with van der Waals surface area (Å²) in [4.78, 5) is 17.3. The van der Waals surface area contributed by atoms with Gasteiger partial charge in [0.2, 0.25) is 5.91 Å². The summed E-state index contributed by atoms with van der Waals surface area (Å²) < 4.78 is 8.27. The fourth-order valence-corrected chi connectivity index (χ4v) is 5.24. The first-order valence-corrected chi connectivity index (χ1v) is 14.4. The van der Waals surface area contributed by atoms with E-state index < -0.39 is 12.1 Å². The van der Waals surface area contributed by atoms with Crippen molar-refractivity contribution in [2.24, 2.45) is 5.92 Å². The summed E-state index contributed by atoms with van der Waals surface area (Å²) in [6.07, 6.45) is 8.36. The third kappa shape index (κ3) is 8.29. The van der Waals surface area contributed by atoms with Crippen molar-refractivity contribution >= 4 is 12.0 Å². The smallest absolute Gasteiger partial charge is 0.244 e. The minimum atomic E-state index is -0.799. The standard InChI is InChI=1S/C33H44N4O3/c1-6-24-12-14-31-27(16-24)29(18-33(4,5)40-31)34-19-30(38)28(17-25-10-8-7-9-11-25)36-32(39)15-13-26-21-37(22-35-26)20-23(2)3/h7-16,21-23,28-30,34,38H,6,17-20H2,1-5H3,(H,36,39)/t28-,29-,30+/m0/s1. The number of hydrogen-bond acceptors (Lipinski definition) is 5. The van der Waals surface area contributed by atoms with E-state index in [4.69, 9.17) is 4.74 Å². The number of aromatic nitrogens is 2. The van der Waals surface area contributed by atoms with E-state index in [1.807, 2.05) is 41.1 Å². The van der Waals surface area contributed by atoms with Gasteiger partial charge in [0.05, 0.1) is 24.2 Å². The lowest BCUT2D eigenvalue weighted by Crippen LogP contribution is -2.49. The van der Waals surface area contributed by atoms with Crippen LogP contribution in [0.5, 0.6) is 5.75 Å². The highest BCUT2D eigenvalue weighted by Crippen LogP contribution is 2.40. The third-order valence-electron chi connectivity index (χ3n) is 7.24. The molecule has 0 aliphatic carbocycles.